The van der Waals surface area contributed by atoms with Crippen molar-refractivity contribution in [3.63, 3.8) is 0 Å². The van der Waals surface area contributed by atoms with E-state index in [-0.39, 0.29) is 6.04 Å². The van der Waals surface area contributed by atoms with Gasteiger partial charge < -0.3 is 0 Å². The fraction of sp³-hybridized carbons (Fsp3) is 0.333. The summed E-state index contributed by atoms with van der Waals surface area (Å²) in [5, 5.41) is 0. The van der Waals surface area contributed by atoms with Crippen LogP contribution < -0.4 is 0 Å². The summed E-state index contributed by atoms with van der Waals surface area (Å²) in [6, 6.07) is 0.107. The summed E-state index contributed by atoms with van der Waals surface area (Å²) in [7, 11) is -3.33. The minimum absolute atomic E-state index is 0.107. The number of allylic oxidation sites excluding steroid dienone is 1. The van der Waals surface area contributed by atoms with Crippen molar-refractivity contribution >= 4 is 29.2 Å². The Bertz CT molecular complexity index is 67.8. The summed E-state index contributed by atoms with van der Waals surface area (Å²) in [6.07, 6.45) is 1.38. The van der Waals surface area contributed by atoms with Gasteiger partial charge in [-0.1, -0.05) is 6.08 Å². The van der Waals surface area contributed by atoms with Gasteiger partial charge in [0.05, 0.1) is 0 Å². The predicted molar refractivity (Wildman–Crippen MR) is 33.6 cm³/mol. The molecular formula is C3H5Cl2FSi. The van der Waals surface area contributed by atoms with Gasteiger partial charge in [0.1, 0.15) is 0 Å². The molecule has 0 atom stereocenters. The Kier molecular flexibility index (Phi) is 2.88. The normalized spacial score (nSPS) is 11.3. The molecule has 0 aliphatic carbocycles. The maximum Gasteiger partial charge on any atom is 0.436 e. The fourth-order valence-corrected chi connectivity index (χ4v) is 1.15. The van der Waals surface area contributed by atoms with Gasteiger partial charge in [-0.25, -0.2) is 0 Å². The summed E-state index contributed by atoms with van der Waals surface area (Å²) in [4.78, 5) is 0. The molecule has 0 fully saturated rings. The molecule has 4 heteroatoms. The van der Waals surface area contributed by atoms with Gasteiger partial charge in [0.25, 0.3) is 0 Å². The SMILES string of the molecule is C=CC[Si](F)(Cl)Cl. The molecule has 42 valence electrons. The van der Waals surface area contributed by atoms with Crippen molar-refractivity contribution in [3.8, 4) is 0 Å². The zero-order valence-electron chi connectivity index (χ0n) is 3.63. The Balaban J connectivity index is 3.34. The second-order valence-electron chi connectivity index (χ2n) is 1.11. The van der Waals surface area contributed by atoms with Crippen molar-refractivity contribution < 1.29 is 4.11 Å². The highest BCUT2D eigenvalue weighted by atomic mass is 35.7. The Morgan fingerprint density at radius 2 is 2.14 bits per heavy atom. The van der Waals surface area contributed by atoms with Crippen LogP contribution in [0.3, 0.4) is 0 Å². The molecule has 0 saturated heterocycles. The van der Waals surface area contributed by atoms with Crippen molar-refractivity contribution in [3.05, 3.63) is 12.7 Å². The third-order valence-corrected chi connectivity index (χ3v) is 2.05. The van der Waals surface area contributed by atoms with Crippen LogP contribution in [0.15, 0.2) is 12.7 Å². The van der Waals surface area contributed by atoms with E-state index in [0.29, 0.717) is 0 Å². The molecule has 0 nitrogen and oxygen atoms in total. The molecule has 0 unspecified atom stereocenters. The third kappa shape index (κ3) is 6.47. The minimum Gasteiger partial charge on any atom is -0.272 e. The Morgan fingerprint density at radius 1 is 1.71 bits per heavy atom. The van der Waals surface area contributed by atoms with Gasteiger partial charge in [0, 0.05) is 6.04 Å². The number of rotatable bonds is 2. The van der Waals surface area contributed by atoms with E-state index in [1.165, 1.54) is 6.08 Å². The molecule has 0 aromatic rings. The Hall–Kier alpha value is 0.467. The lowest BCUT2D eigenvalue weighted by Crippen LogP contribution is -2.07. The first-order valence-corrected chi connectivity index (χ1v) is 5.85. The van der Waals surface area contributed by atoms with E-state index >= 15 is 0 Å². The maximum atomic E-state index is 12.0. The first kappa shape index (κ1) is 7.47. The maximum absolute atomic E-state index is 12.0. The van der Waals surface area contributed by atoms with Gasteiger partial charge in [0.2, 0.25) is 0 Å². The lowest BCUT2D eigenvalue weighted by molar-refractivity contribution is 0.846. The largest absolute Gasteiger partial charge is 0.436 e. The van der Waals surface area contributed by atoms with Crippen LogP contribution in [-0.2, 0) is 0 Å². The van der Waals surface area contributed by atoms with E-state index < -0.39 is 7.03 Å². The van der Waals surface area contributed by atoms with Crippen LogP contribution in [0.25, 0.3) is 0 Å². The summed E-state index contributed by atoms with van der Waals surface area (Å²) in [5.41, 5.74) is 0. The molecule has 0 saturated carbocycles. The monoisotopic (exact) mass is 158 g/mol. The molecule has 0 spiro atoms. The highest BCUT2D eigenvalue weighted by Gasteiger charge is 2.25. The highest BCUT2D eigenvalue weighted by molar-refractivity contribution is 7.42. The Labute approximate surface area is 52.5 Å². The van der Waals surface area contributed by atoms with E-state index in [4.69, 9.17) is 22.2 Å². The second kappa shape index (κ2) is 2.70. The van der Waals surface area contributed by atoms with E-state index in [9.17, 15) is 4.11 Å². The number of hydrogen-bond acceptors (Lipinski definition) is 0. The molecule has 0 aromatic heterocycles. The van der Waals surface area contributed by atoms with Gasteiger partial charge in [-0.3, -0.25) is 4.11 Å². The summed E-state index contributed by atoms with van der Waals surface area (Å²) in [5.74, 6) is 0. The van der Waals surface area contributed by atoms with E-state index in [1.807, 2.05) is 0 Å². The molecule has 0 aliphatic rings. The highest BCUT2D eigenvalue weighted by Crippen LogP contribution is 2.20. The standard InChI is InChI=1S/C3H5Cl2FSi/c1-2-3-7(4,5)6/h2H,1,3H2. The Morgan fingerprint density at radius 3 is 2.14 bits per heavy atom. The topological polar surface area (TPSA) is 0 Å². The second-order valence-corrected chi connectivity index (χ2v) is 6.92. The zero-order valence-corrected chi connectivity index (χ0v) is 6.14. The fourth-order valence-electron chi connectivity index (χ4n) is 0.164. The summed E-state index contributed by atoms with van der Waals surface area (Å²) >= 11 is 10.00. The van der Waals surface area contributed by atoms with Crippen LogP contribution in [-0.4, -0.2) is 7.03 Å². The first-order chi connectivity index (χ1) is 3.06. The van der Waals surface area contributed by atoms with E-state index in [0.717, 1.165) is 0 Å². The lowest BCUT2D eigenvalue weighted by Gasteiger charge is -1.96. The summed E-state index contributed by atoms with van der Waals surface area (Å²) < 4.78 is 12.0. The molecule has 0 heterocycles. The van der Waals surface area contributed by atoms with Gasteiger partial charge in [-0.15, -0.1) is 28.7 Å². The van der Waals surface area contributed by atoms with Crippen LogP contribution in [0.2, 0.25) is 6.04 Å². The van der Waals surface area contributed by atoms with Crippen molar-refractivity contribution in [2.45, 2.75) is 6.04 Å². The molecule has 0 amide bonds. The molecule has 0 N–H and O–H groups in total. The number of hydrogen-bond donors (Lipinski definition) is 0. The minimum atomic E-state index is -3.33. The van der Waals surface area contributed by atoms with Crippen LogP contribution in [0.5, 0.6) is 0 Å². The first-order valence-electron chi connectivity index (χ1n) is 1.74. The van der Waals surface area contributed by atoms with Crippen molar-refractivity contribution in [1.29, 1.82) is 0 Å². The van der Waals surface area contributed by atoms with Crippen LogP contribution >= 0.6 is 22.2 Å². The number of halogens is 3. The third-order valence-electron chi connectivity index (χ3n) is 0.376. The molecule has 0 rings (SSSR count). The van der Waals surface area contributed by atoms with Crippen LogP contribution in [0.4, 0.5) is 4.11 Å². The molecule has 0 aromatic carbocycles. The van der Waals surface area contributed by atoms with Gasteiger partial charge >= 0.3 is 7.03 Å². The average Bonchev–Trinajstić information content (AvgIpc) is 1.30. The van der Waals surface area contributed by atoms with Crippen molar-refractivity contribution in [1.82, 2.24) is 0 Å². The van der Waals surface area contributed by atoms with Crippen molar-refractivity contribution in [2.24, 2.45) is 0 Å². The van der Waals surface area contributed by atoms with Gasteiger partial charge in [-0.2, -0.15) is 0 Å². The average molecular weight is 159 g/mol. The predicted octanol–water partition coefficient (Wildman–Crippen LogP) is 2.56. The van der Waals surface area contributed by atoms with Gasteiger partial charge in [-0.05, 0) is 0 Å². The molecule has 0 aliphatic heterocycles. The van der Waals surface area contributed by atoms with Crippen molar-refractivity contribution in [2.75, 3.05) is 0 Å². The van der Waals surface area contributed by atoms with E-state index in [2.05, 4.69) is 6.58 Å². The quantitative estimate of drug-likeness (QED) is 0.330. The van der Waals surface area contributed by atoms with Crippen LogP contribution in [0, 0.1) is 0 Å². The van der Waals surface area contributed by atoms with Crippen LogP contribution in [0.1, 0.15) is 0 Å². The van der Waals surface area contributed by atoms with E-state index in [1.54, 1.807) is 0 Å². The molecule has 0 bridgehead atoms. The molecule has 0 radical (unpaired) electrons. The van der Waals surface area contributed by atoms with Gasteiger partial charge in [0.15, 0.2) is 0 Å². The molecular weight excluding hydrogens is 154 g/mol. The smallest absolute Gasteiger partial charge is 0.272 e. The molecule has 7 heavy (non-hydrogen) atoms. The zero-order chi connectivity index (χ0) is 5.91. The summed E-state index contributed by atoms with van der Waals surface area (Å²) in [6.45, 7) is 3.27. The lowest BCUT2D eigenvalue weighted by atomic mass is 10.8.